The van der Waals surface area contributed by atoms with Crippen LogP contribution in [0.4, 0.5) is 4.39 Å². The minimum absolute atomic E-state index is 0.298. The van der Waals surface area contributed by atoms with Crippen molar-refractivity contribution in [2.45, 2.75) is 12.8 Å². The van der Waals surface area contributed by atoms with Crippen LogP contribution in [0.15, 0.2) is 52.1 Å². The van der Waals surface area contributed by atoms with Crippen molar-refractivity contribution in [3.8, 4) is 11.3 Å². The van der Waals surface area contributed by atoms with E-state index in [-0.39, 0.29) is 17.3 Å². The number of hydrogen-bond acceptors (Lipinski definition) is 3. The van der Waals surface area contributed by atoms with Crippen molar-refractivity contribution in [3.05, 3.63) is 70.2 Å². The first-order valence-corrected chi connectivity index (χ1v) is 7.01. The Morgan fingerprint density at radius 3 is 2.61 bits per heavy atom. The van der Waals surface area contributed by atoms with Crippen LogP contribution in [-0.2, 0) is 12.8 Å². The van der Waals surface area contributed by atoms with Gasteiger partial charge >= 0.3 is 0 Å². The average molecular weight is 314 g/mol. The number of aryl methyl sites for hydroxylation is 1. The number of aromatic amines is 1. The molecule has 0 spiro atoms. The molecule has 4 N–H and O–H groups in total. The zero-order valence-corrected chi connectivity index (χ0v) is 12.2. The number of H-pyrrole nitrogens is 1. The van der Waals surface area contributed by atoms with E-state index in [9.17, 15) is 9.18 Å². The largest absolute Gasteiger partial charge is 0.472 e. The molecule has 23 heavy (non-hydrogen) atoms. The monoisotopic (exact) mass is 314 g/mol. The molecule has 0 unspecified atom stereocenters. The van der Waals surface area contributed by atoms with Crippen molar-refractivity contribution >= 4 is 5.96 Å². The number of hydrogen-bond donors (Lipinski definition) is 3. The highest BCUT2D eigenvalue weighted by Crippen LogP contribution is 2.21. The summed E-state index contributed by atoms with van der Waals surface area (Å²) in [4.78, 5) is 12.4. The van der Waals surface area contributed by atoms with Crippen LogP contribution in [0.1, 0.15) is 11.1 Å². The Balaban J connectivity index is 1.95. The second kappa shape index (κ2) is 5.96. The number of nitrogens with two attached hydrogens (primary N) is 1. The van der Waals surface area contributed by atoms with Crippen molar-refractivity contribution in [3.63, 3.8) is 0 Å². The molecule has 0 fully saturated rings. The molecule has 2 aromatic heterocycles. The van der Waals surface area contributed by atoms with Crippen molar-refractivity contribution in [2.24, 2.45) is 5.73 Å². The zero-order valence-electron chi connectivity index (χ0n) is 12.2. The highest BCUT2D eigenvalue weighted by Gasteiger charge is 2.17. The maximum absolute atomic E-state index is 12.9. The van der Waals surface area contributed by atoms with Crippen LogP contribution < -0.4 is 11.3 Å². The maximum Gasteiger partial charge on any atom is 0.277 e. The first kappa shape index (κ1) is 14.8. The van der Waals surface area contributed by atoms with Gasteiger partial charge in [-0.15, -0.1) is 0 Å². The Bertz CT molecular complexity index is 876. The van der Waals surface area contributed by atoms with Crippen LogP contribution in [0.2, 0.25) is 0 Å². The smallest absolute Gasteiger partial charge is 0.277 e. The summed E-state index contributed by atoms with van der Waals surface area (Å²) in [5.74, 6) is -0.679. The van der Waals surface area contributed by atoms with Gasteiger partial charge in [0.25, 0.3) is 5.56 Å². The number of nitrogen functional groups attached to an aromatic ring is 1. The predicted molar refractivity (Wildman–Crippen MR) is 83.9 cm³/mol. The molecule has 6 nitrogen and oxygen atoms in total. The molecule has 0 saturated heterocycles. The summed E-state index contributed by atoms with van der Waals surface area (Å²) in [6.45, 7) is 0. The molecule has 0 radical (unpaired) electrons. The van der Waals surface area contributed by atoms with Gasteiger partial charge in [-0.2, -0.15) is 4.68 Å². The molecule has 0 aliphatic carbocycles. The van der Waals surface area contributed by atoms with Gasteiger partial charge in [-0.25, -0.2) is 4.39 Å². The van der Waals surface area contributed by atoms with Gasteiger partial charge in [0.1, 0.15) is 5.82 Å². The van der Waals surface area contributed by atoms with Gasteiger partial charge in [0.2, 0.25) is 5.96 Å². The van der Waals surface area contributed by atoms with Crippen LogP contribution in [0, 0.1) is 11.2 Å². The Morgan fingerprint density at radius 2 is 2.00 bits per heavy atom. The minimum Gasteiger partial charge on any atom is -0.472 e. The first-order valence-electron chi connectivity index (χ1n) is 7.01. The zero-order chi connectivity index (χ0) is 16.4. The van der Waals surface area contributed by atoms with Gasteiger partial charge in [0, 0.05) is 11.1 Å². The van der Waals surface area contributed by atoms with Crippen LogP contribution >= 0.6 is 0 Å². The molecule has 0 amide bonds. The van der Waals surface area contributed by atoms with Crippen LogP contribution in [0.25, 0.3) is 11.3 Å². The second-order valence-electron chi connectivity index (χ2n) is 5.13. The summed E-state index contributed by atoms with van der Waals surface area (Å²) in [5, 5.41) is 10.3. The number of halogens is 1. The second-order valence-corrected chi connectivity index (χ2v) is 5.13. The summed E-state index contributed by atoms with van der Waals surface area (Å²) >= 11 is 0. The summed E-state index contributed by atoms with van der Waals surface area (Å²) in [5.41, 5.74) is 7.76. The van der Waals surface area contributed by atoms with Crippen molar-refractivity contribution in [1.29, 1.82) is 5.41 Å². The Kier molecular flexibility index (Phi) is 3.84. The van der Waals surface area contributed by atoms with E-state index in [0.717, 1.165) is 10.2 Å². The van der Waals surface area contributed by atoms with Crippen molar-refractivity contribution in [1.82, 2.24) is 9.78 Å². The third kappa shape index (κ3) is 2.94. The van der Waals surface area contributed by atoms with Crippen LogP contribution in [0.5, 0.6) is 0 Å². The Morgan fingerprint density at radius 1 is 1.26 bits per heavy atom. The summed E-state index contributed by atoms with van der Waals surface area (Å²) in [6, 6.07) is 7.86. The molecule has 3 rings (SSSR count). The normalized spacial score (nSPS) is 10.8. The van der Waals surface area contributed by atoms with E-state index in [1.54, 1.807) is 18.2 Å². The molecule has 0 bridgehead atoms. The molecule has 0 aliphatic heterocycles. The number of nitrogens with zero attached hydrogens (tertiary/aromatic N) is 1. The molecule has 1 aromatic carbocycles. The van der Waals surface area contributed by atoms with Crippen molar-refractivity contribution < 1.29 is 8.81 Å². The molecule has 7 heteroatoms. The van der Waals surface area contributed by atoms with E-state index >= 15 is 0 Å². The van der Waals surface area contributed by atoms with Gasteiger partial charge in [-0.05, 0) is 36.6 Å². The van der Waals surface area contributed by atoms with Crippen LogP contribution in [-0.4, -0.2) is 15.7 Å². The van der Waals surface area contributed by atoms with E-state index in [2.05, 4.69) is 5.10 Å². The fraction of sp³-hybridized carbons (Fsp3) is 0.125. The predicted octanol–water partition coefficient (Wildman–Crippen LogP) is 2.10. The number of nitrogens with one attached hydrogen (secondary N) is 2. The van der Waals surface area contributed by atoms with Gasteiger partial charge < -0.3 is 10.2 Å². The lowest BCUT2D eigenvalue weighted by Gasteiger charge is -2.01. The lowest BCUT2D eigenvalue weighted by atomic mass is 10.0. The molecule has 3 aromatic rings. The van der Waals surface area contributed by atoms with Gasteiger partial charge in [-0.1, -0.05) is 12.1 Å². The van der Waals surface area contributed by atoms with E-state index in [0.29, 0.717) is 29.7 Å². The van der Waals surface area contributed by atoms with E-state index in [1.165, 1.54) is 24.7 Å². The fourth-order valence-corrected chi connectivity index (χ4v) is 2.44. The highest BCUT2D eigenvalue weighted by molar-refractivity contribution is 5.77. The molecular formula is C16H15FN4O2. The van der Waals surface area contributed by atoms with Crippen LogP contribution in [0.3, 0.4) is 0 Å². The lowest BCUT2D eigenvalue weighted by Crippen LogP contribution is -2.31. The maximum atomic E-state index is 12.9. The minimum atomic E-state index is -0.382. The fourth-order valence-electron chi connectivity index (χ4n) is 2.44. The Hall–Kier alpha value is -3.09. The van der Waals surface area contributed by atoms with E-state index < -0.39 is 0 Å². The topological polar surface area (TPSA) is 101 Å². The first-order chi connectivity index (χ1) is 11.1. The van der Waals surface area contributed by atoms with Crippen molar-refractivity contribution in [2.75, 3.05) is 0 Å². The summed E-state index contributed by atoms with van der Waals surface area (Å²) < 4.78 is 19.0. The molecule has 0 aliphatic rings. The molecule has 2 heterocycles. The Labute approximate surface area is 130 Å². The summed E-state index contributed by atoms with van der Waals surface area (Å²) in [6.07, 6.45) is 4.01. The number of furan rings is 1. The molecular weight excluding hydrogens is 299 g/mol. The number of benzene rings is 1. The SMILES string of the molecule is N=C(N)n1[nH]c(-c2ccoc2)c(CCc2ccc(F)cc2)c1=O. The lowest BCUT2D eigenvalue weighted by molar-refractivity contribution is 0.568. The highest BCUT2D eigenvalue weighted by atomic mass is 19.1. The van der Waals surface area contributed by atoms with Gasteiger partial charge in [-0.3, -0.25) is 15.3 Å². The standard InChI is InChI=1S/C16H15FN4O2/c17-12-4-1-10(2-5-12)3-6-13-14(11-7-8-23-9-11)20-21(15(13)22)16(18)19/h1-2,4-5,7-9,20H,3,6H2,(H3,18,19). The van der Waals surface area contributed by atoms with E-state index in [1.807, 2.05) is 0 Å². The summed E-state index contributed by atoms with van der Waals surface area (Å²) in [7, 11) is 0. The number of rotatable bonds is 4. The third-order valence-electron chi connectivity index (χ3n) is 3.61. The molecule has 0 saturated carbocycles. The molecule has 118 valence electrons. The number of aromatic nitrogens is 2. The van der Waals surface area contributed by atoms with Gasteiger partial charge in [0.05, 0.1) is 18.2 Å². The third-order valence-corrected chi connectivity index (χ3v) is 3.61. The van der Waals surface area contributed by atoms with E-state index in [4.69, 9.17) is 15.6 Å². The molecule has 0 atom stereocenters. The quantitative estimate of drug-likeness (QED) is 0.508. The van der Waals surface area contributed by atoms with Gasteiger partial charge in [0.15, 0.2) is 0 Å². The average Bonchev–Trinajstić information content (AvgIpc) is 3.15.